The van der Waals surface area contributed by atoms with E-state index in [1.165, 1.54) is 0 Å². The van der Waals surface area contributed by atoms with Gasteiger partial charge in [-0.05, 0) is 42.7 Å². The fourth-order valence-electron chi connectivity index (χ4n) is 3.59. The van der Waals surface area contributed by atoms with E-state index >= 15 is 0 Å². The number of rotatable bonds is 5. The Morgan fingerprint density at radius 1 is 1.27 bits per heavy atom. The number of carbonyl (C=O) groups is 1. The summed E-state index contributed by atoms with van der Waals surface area (Å²) < 4.78 is 0. The zero-order valence-corrected chi connectivity index (χ0v) is 14.4. The first-order chi connectivity index (χ1) is 12.6. The van der Waals surface area contributed by atoms with Crippen LogP contribution in [-0.2, 0) is 11.2 Å². The Balaban J connectivity index is 1.49. The van der Waals surface area contributed by atoms with Crippen LogP contribution in [0.15, 0.2) is 48.5 Å². The van der Waals surface area contributed by atoms with Crippen LogP contribution in [0.25, 0.3) is 11.0 Å². The molecule has 1 aliphatic rings. The second-order valence-electron chi connectivity index (χ2n) is 7.08. The molecule has 4 rings (SSSR count). The van der Waals surface area contributed by atoms with E-state index in [1.807, 2.05) is 48.5 Å². The molecule has 6 heteroatoms. The van der Waals surface area contributed by atoms with E-state index in [2.05, 4.69) is 15.3 Å². The fraction of sp³-hybridized carbons (Fsp3) is 0.300. The second-order valence-corrected chi connectivity index (χ2v) is 7.08. The molecule has 1 amide bonds. The second kappa shape index (κ2) is 6.55. The molecule has 3 aromatic rings. The minimum Gasteiger partial charge on any atom is -0.393 e. The number of hydrogen-bond acceptors (Lipinski definition) is 4. The smallest absolute Gasteiger partial charge is 0.232 e. The van der Waals surface area contributed by atoms with Crippen LogP contribution in [0.4, 0.5) is 5.69 Å². The van der Waals surface area contributed by atoms with Gasteiger partial charge in [-0.1, -0.05) is 24.3 Å². The first kappa shape index (κ1) is 16.8. The number of fused-ring (bicyclic) bond motifs is 1. The largest absolute Gasteiger partial charge is 0.393 e. The summed E-state index contributed by atoms with van der Waals surface area (Å²) in [4.78, 5) is 20.5. The van der Waals surface area contributed by atoms with Crippen molar-refractivity contribution in [2.75, 3.05) is 11.9 Å². The molecule has 0 radical (unpaired) electrons. The average Bonchev–Trinajstić information content (AvgIpc) is 3.01. The summed E-state index contributed by atoms with van der Waals surface area (Å²) in [6.07, 6.45) is 1.07. The van der Waals surface area contributed by atoms with E-state index in [9.17, 15) is 9.90 Å². The van der Waals surface area contributed by atoms with Crippen LogP contribution in [0.5, 0.6) is 0 Å². The number of aromatic nitrogens is 2. The molecule has 0 bridgehead atoms. The Kier molecular flexibility index (Phi) is 4.22. The predicted octanol–water partition coefficient (Wildman–Crippen LogP) is 2.19. The van der Waals surface area contributed by atoms with Crippen LogP contribution >= 0.6 is 0 Å². The molecule has 1 aromatic heterocycles. The number of para-hydroxylation sites is 2. The molecule has 6 nitrogen and oxygen atoms in total. The van der Waals surface area contributed by atoms with E-state index < -0.39 is 11.5 Å². The van der Waals surface area contributed by atoms with Gasteiger partial charge in [0.15, 0.2) is 0 Å². The zero-order chi connectivity index (χ0) is 18.1. The van der Waals surface area contributed by atoms with Gasteiger partial charge in [0.1, 0.15) is 5.82 Å². The van der Waals surface area contributed by atoms with Crippen molar-refractivity contribution in [3.63, 3.8) is 0 Å². The molecule has 5 N–H and O–H groups in total. The average molecular weight is 350 g/mol. The van der Waals surface area contributed by atoms with Gasteiger partial charge < -0.3 is 21.1 Å². The number of carbonyl (C=O) groups excluding carboxylic acids is 1. The van der Waals surface area contributed by atoms with E-state index in [4.69, 9.17) is 5.73 Å². The summed E-state index contributed by atoms with van der Waals surface area (Å²) in [6, 6.07) is 15.7. The lowest BCUT2D eigenvalue weighted by Crippen LogP contribution is -2.53. The van der Waals surface area contributed by atoms with E-state index in [0.717, 1.165) is 28.1 Å². The molecular weight excluding hydrogens is 328 g/mol. The van der Waals surface area contributed by atoms with Crippen molar-refractivity contribution in [1.29, 1.82) is 0 Å². The highest BCUT2D eigenvalue weighted by molar-refractivity contribution is 5.96. The predicted molar refractivity (Wildman–Crippen MR) is 101 cm³/mol. The van der Waals surface area contributed by atoms with Gasteiger partial charge >= 0.3 is 0 Å². The molecule has 0 unspecified atom stereocenters. The monoisotopic (exact) mass is 350 g/mol. The summed E-state index contributed by atoms with van der Waals surface area (Å²) in [5.74, 6) is 0.765. The lowest BCUT2D eigenvalue weighted by Gasteiger charge is -2.42. The number of benzene rings is 2. The lowest BCUT2D eigenvalue weighted by atomic mass is 9.66. The van der Waals surface area contributed by atoms with Gasteiger partial charge in [0.25, 0.3) is 0 Å². The maximum absolute atomic E-state index is 12.6. The highest BCUT2D eigenvalue weighted by atomic mass is 16.3. The lowest BCUT2D eigenvalue weighted by molar-refractivity contribution is -0.137. The maximum Gasteiger partial charge on any atom is 0.232 e. The summed E-state index contributed by atoms with van der Waals surface area (Å²) in [5, 5.41) is 12.5. The third kappa shape index (κ3) is 3.09. The minimum atomic E-state index is -0.645. The first-order valence-corrected chi connectivity index (χ1v) is 8.80. The SMILES string of the molecule is NCC1(C(=O)Nc2cccc(Cc3nc4ccccc4[nH]3)c2)CC(O)C1. The molecule has 0 spiro atoms. The molecule has 134 valence electrons. The first-order valence-electron chi connectivity index (χ1n) is 8.80. The molecule has 1 fully saturated rings. The van der Waals surface area contributed by atoms with Crippen molar-refractivity contribution in [3.05, 3.63) is 59.9 Å². The Bertz CT molecular complexity index is 911. The quantitative estimate of drug-likeness (QED) is 0.566. The highest BCUT2D eigenvalue weighted by Gasteiger charge is 2.48. The number of nitrogens with two attached hydrogens (primary N) is 1. The number of nitrogens with one attached hydrogen (secondary N) is 2. The number of imidazole rings is 1. The van der Waals surface area contributed by atoms with E-state index in [0.29, 0.717) is 19.3 Å². The van der Waals surface area contributed by atoms with E-state index in [-0.39, 0.29) is 12.5 Å². The summed E-state index contributed by atoms with van der Waals surface area (Å²) >= 11 is 0. The third-order valence-electron chi connectivity index (χ3n) is 5.12. The number of anilines is 1. The molecule has 26 heavy (non-hydrogen) atoms. The third-order valence-corrected chi connectivity index (χ3v) is 5.12. The van der Waals surface area contributed by atoms with Crippen molar-refractivity contribution in [2.45, 2.75) is 25.4 Å². The van der Waals surface area contributed by atoms with Crippen LogP contribution < -0.4 is 11.1 Å². The molecule has 1 saturated carbocycles. The Hall–Kier alpha value is -2.70. The fourth-order valence-corrected chi connectivity index (χ4v) is 3.59. The van der Waals surface area contributed by atoms with Crippen molar-refractivity contribution >= 4 is 22.6 Å². The normalized spacial score (nSPS) is 22.2. The number of amides is 1. The van der Waals surface area contributed by atoms with Gasteiger partial charge in [0, 0.05) is 18.7 Å². The number of aliphatic hydroxyl groups excluding tert-OH is 1. The summed E-state index contributed by atoms with van der Waals surface area (Å²) in [5.41, 5.74) is 8.87. The topological polar surface area (TPSA) is 104 Å². The molecule has 2 aromatic carbocycles. The van der Waals surface area contributed by atoms with E-state index in [1.54, 1.807) is 0 Å². The van der Waals surface area contributed by atoms with Gasteiger partial charge in [-0.15, -0.1) is 0 Å². The standard InChI is InChI=1S/C20H22N4O2/c21-12-20(10-15(25)11-20)19(26)22-14-5-3-4-13(8-14)9-18-23-16-6-1-2-7-17(16)24-18/h1-8,15,25H,9-12,21H2,(H,22,26)(H,23,24). The minimum absolute atomic E-state index is 0.119. The molecule has 1 aliphatic carbocycles. The number of nitrogens with zero attached hydrogens (tertiary/aromatic N) is 1. The number of H-pyrrole nitrogens is 1. The van der Waals surface area contributed by atoms with Gasteiger partial charge in [0.2, 0.25) is 5.91 Å². The molecule has 0 atom stereocenters. The molecule has 0 aliphatic heterocycles. The van der Waals surface area contributed by atoms with Crippen LogP contribution in [0, 0.1) is 5.41 Å². The van der Waals surface area contributed by atoms with Gasteiger partial charge in [-0.2, -0.15) is 0 Å². The van der Waals surface area contributed by atoms with Crippen molar-refractivity contribution in [3.8, 4) is 0 Å². The van der Waals surface area contributed by atoms with Crippen molar-refractivity contribution in [1.82, 2.24) is 9.97 Å². The van der Waals surface area contributed by atoms with Crippen LogP contribution in [0.2, 0.25) is 0 Å². The number of hydrogen-bond donors (Lipinski definition) is 4. The Labute approximate surface area is 151 Å². The van der Waals surface area contributed by atoms with Crippen LogP contribution in [-0.4, -0.2) is 33.6 Å². The van der Waals surface area contributed by atoms with Crippen molar-refractivity contribution < 1.29 is 9.90 Å². The summed E-state index contributed by atoms with van der Waals surface area (Å²) in [7, 11) is 0. The molecule has 1 heterocycles. The van der Waals surface area contributed by atoms with Gasteiger partial charge in [0.05, 0.1) is 22.6 Å². The number of aliphatic hydroxyl groups is 1. The van der Waals surface area contributed by atoms with Gasteiger partial charge in [-0.25, -0.2) is 4.98 Å². The number of aromatic amines is 1. The molecule has 0 saturated heterocycles. The van der Waals surface area contributed by atoms with Crippen molar-refractivity contribution in [2.24, 2.45) is 11.1 Å². The Morgan fingerprint density at radius 3 is 2.81 bits per heavy atom. The molecular formula is C20H22N4O2. The van der Waals surface area contributed by atoms with Crippen LogP contribution in [0.3, 0.4) is 0 Å². The van der Waals surface area contributed by atoms with Gasteiger partial charge in [-0.3, -0.25) is 4.79 Å². The van der Waals surface area contributed by atoms with Crippen LogP contribution in [0.1, 0.15) is 24.2 Å². The highest BCUT2D eigenvalue weighted by Crippen LogP contribution is 2.41. The summed E-state index contributed by atoms with van der Waals surface area (Å²) in [6.45, 7) is 0.245. The maximum atomic E-state index is 12.6. The zero-order valence-electron chi connectivity index (χ0n) is 14.4. The Morgan fingerprint density at radius 2 is 2.08 bits per heavy atom.